The number of hydrogen-bond donors (Lipinski definition) is 2. The number of carboxylic acid groups (broad SMARTS) is 1. The van der Waals surface area contributed by atoms with Gasteiger partial charge in [0.1, 0.15) is 18.4 Å². The summed E-state index contributed by atoms with van der Waals surface area (Å²) in [5, 5.41) is 20.5. The van der Waals surface area contributed by atoms with Gasteiger partial charge >= 0.3 is 5.97 Å². The number of amides is 1. The molecule has 1 saturated carbocycles. The van der Waals surface area contributed by atoms with Crippen LogP contribution >= 0.6 is 11.6 Å². The Bertz CT molecular complexity index is 1290. The molecule has 1 heterocycles. The van der Waals surface area contributed by atoms with Crippen LogP contribution in [0.1, 0.15) is 54.0 Å². The molecule has 3 aromatic carbocycles. The summed E-state index contributed by atoms with van der Waals surface area (Å²) in [6, 6.07) is 21.3. The number of aliphatic hydroxyl groups is 1. The summed E-state index contributed by atoms with van der Waals surface area (Å²) in [6.45, 7) is 0.386. The van der Waals surface area contributed by atoms with Gasteiger partial charge in [0, 0.05) is 18.5 Å². The van der Waals surface area contributed by atoms with Crippen LogP contribution in [0.25, 0.3) is 0 Å². The molecule has 204 valence electrons. The maximum atomic E-state index is 14.1. The topological polar surface area (TPSA) is 96.3 Å². The number of benzene rings is 3. The molecule has 1 fully saturated rings. The van der Waals surface area contributed by atoms with Crippen molar-refractivity contribution in [1.82, 2.24) is 4.90 Å². The molecule has 0 spiro atoms. The predicted octanol–water partition coefficient (Wildman–Crippen LogP) is 5.32. The average molecular weight is 550 g/mol. The van der Waals surface area contributed by atoms with Crippen molar-refractivity contribution < 1.29 is 29.3 Å². The van der Waals surface area contributed by atoms with Crippen molar-refractivity contribution in [1.29, 1.82) is 0 Å². The number of fused-ring (bicyclic) bond motifs is 1. The predicted molar refractivity (Wildman–Crippen MR) is 146 cm³/mol. The minimum Gasteiger partial charge on any atom is -0.487 e. The van der Waals surface area contributed by atoms with E-state index in [9.17, 15) is 19.8 Å². The SMILES string of the molecule is O=C(O)[C@H]1Cc2c(ccc(Cl)c2OCc2ccccc2)CN1C(=O)[C@H](OC1CCC(O)CC1)c1ccccc1. The zero-order valence-corrected chi connectivity index (χ0v) is 22.3. The van der Waals surface area contributed by atoms with Crippen LogP contribution in [-0.2, 0) is 33.9 Å². The monoisotopic (exact) mass is 549 g/mol. The first-order valence-corrected chi connectivity index (χ1v) is 13.7. The van der Waals surface area contributed by atoms with E-state index < -0.39 is 24.0 Å². The minimum absolute atomic E-state index is 0.0677. The van der Waals surface area contributed by atoms with Gasteiger partial charge in [0.2, 0.25) is 0 Å². The Morgan fingerprint density at radius 1 is 0.949 bits per heavy atom. The first kappa shape index (κ1) is 27.2. The minimum atomic E-state index is -1.11. The lowest BCUT2D eigenvalue weighted by Gasteiger charge is -2.38. The first-order valence-electron chi connectivity index (χ1n) is 13.3. The van der Waals surface area contributed by atoms with Crippen LogP contribution in [0.3, 0.4) is 0 Å². The number of carboxylic acids is 1. The van der Waals surface area contributed by atoms with Gasteiger partial charge < -0.3 is 24.6 Å². The summed E-state index contributed by atoms with van der Waals surface area (Å²) in [5.41, 5.74) is 3.13. The van der Waals surface area contributed by atoms with Gasteiger partial charge in [-0.1, -0.05) is 78.3 Å². The Kier molecular flexibility index (Phi) is 8.50. The Balaban J connectivity index is 1.43. The van der Waals surface area contributed by atoms with Crippen molar-refractivity contribution in [2.24, 2.45) is 0 Å². The highest BCUT2D eigenvalue weighted by Crippen LogP contribution is 2.39. The first-order chi connectivity index (χ1) is 18.9. The van der Waals surface area contributed by atoms with Crippen molar-refractivity contribution >= 4 is 23.5 Å². The molecule has 0 radical (unpaired) electrons. The standard InChI is InChI=1S/C31H32ClNO6/c32-26-16-11-22-18-33(27(31(36)37)17-25(22)29(26)38-19-20-7-3-1-4-8-20)30(35)28(21-9-5-2-6-10-21)39-24-14-12-23(34)13-15-24/h1-11,16,23-24,27-28,34H,12-15,17-19H2,(H,36,37)/t23?,24?,27-,28-/m1/s1. The molecule has 2 aliphatic rings. The van der Waals surface area contributed by atoms with Crippen molar-refractivity contribution in [3.63, 3.8) is 0 Å². The number of carbonyl (C=O) groups excluding carboxylic acids is 1. The van der Waals surface area contributed by atoms with Crippen LogP contribution in [0, 0.1) is 0 Å². The maximum absolute atomic E-state index is 14.1. The molecule has 1 aliphatic carbocycles. The van der Waals surface area contributed by atoms with E-state index in [4.69, 9.17) is 21.1 Å². The Morgan fingerprint density at radius 2 is 1.62 bits per heavy atom. The molecule has 1 amide bonds. The fourth-order valence-electron chi connectivity index (χ4n) is 5.38. The number of carbonyl (C=O) groups is 2. The molecule has 0 bridgehead atoms. The fraction of sp³-hybridized carbons (Fsp3) is 0.355. The van der Waals surface area contributed by atoms with Gasteiger partial charge in [-0.3, -0.25) is 4.79 Å². The number of ether oxygens (including phenoxy) is 2. The number of halogens is 1. The van der Waals surface area contributed by atoms with E-state index in [-0.39, 0.29) is 31.8 Å². The molecule has 0 saturated heterocycles. The quantitative estimate of drug-likeness (QED) is 0.395. The maximum Gasteiger partial charge on any atom is 0.326 e. The van der Waals surface area contributed by atoms with Gasteiger partial charge in [-0.15, -0.1) is 0 Å². The third kappa shape index (κ3) is 6.27. The number of nitrogens with zero attached hydrogens (tertiary/aromatic N) is 1. The Morgan fingerprint density at radius 3 is 2.28 bits per heavy atom. The van der Waals surface area contributed by atoms with Gasteiger partial charge in [0.05, 0.1) is 17.2 Å². The molecule has 1 aliphatic heterocycles. The Hall–Kier alpha value is -3.39. The molecule has 0 aromatic heterocycles. The third-order valence-corrected chi connectivity index (χ3v) is 7.81. The van der Waals surface area contributed by atoms with Crippen LogP contribution in [0.5, 0.6) is 5.75 Å². The van der Waals surface area contributed by atoms with Gasteiger partial charge in [-0.25, -0.2) is 4.79 Å². The molecule has 2 atom stereocenters. The van der Waals surface area contributed by atoms with E-state index in [1.165, 1.54) is 4.90 Å². The zero-order valence-electron chi connectivity index (χ0n) is 21.5. The van der Waals surface area contributed by atoms with Crippen LogP contribution < -0.4 is 4.74 Å². The summed E-state index contributed by atoms with van der Waals surface area (Å²) < 4.78 is 12.4. The van der Waals surface area contributed by atoms with E-state index in [1.807, 2.05) is 66.7 Å². The largest absolute Gasteiger partial charge is 0.487 e. The van der Waals surface area contributed by atoms with Crippen LogP contribution in [0.2, 0.25) is 5.02 Å². The molecule has 2 N–H and O–H groups in total. The highest BCUT2D eigenvalue weighted by Gasteiger charge is 2.40. The number of aliphatic carboxylic acids is 1. The van der Waals surface area contributed by atoms with Crippen molar-refractivity contribution in [3.05, 3.63) is 100 Å². The van der Waals surface area contributed by atoms with E-state index in [1.54, 1.807) is 6.07 Å². The van der Waals surface area contributed by atoms with Crippen LogP contribution in [0.15, 0.2) is 72.8 Å². The normalized spacial score (nSPS) is 21.6. The highest BCUT2D eigenvalue weighted by molar-refractivity contribution is 6.32. The summed E-state index contributed by atoms with van der Waals surface area (Å²) in [6.07, 6.45) is 1.08. The lowest BCUT2D eigenvalue weighted by Crippen LogP contribution is -2.51. The molecular weight excluding hydrogens is 518 g/mol. The number of rotatable bonds is 8. The van der Waals surface area contributed by atoms with Crippen molar-refractivity contribution in [3.8, 4) is 5.75 Å². The number of aliphatic hydroxyl groups excluding tert-OH is 1. The van der Waals surface area contributed by atoms with Gasteiger partial charge in [0.15, 0.2) is 6.10 Å². The van der Waals surface area contributed by atoms with Crippen LogP contribution in [-0.4, -0.2) is 45.2 Å². The number of hydrogen-bond acceptors (Lipinski definition) is 5. The smallest absolute Gasteiger partial charge is 0.326 e. The highest BCUT2D eigenvalue weighted by atomic mass is 35.5. The second kappa shape index (κ2) is 12.2. The fourth-order valence-corrected chi connectivity index (χ4v) is 5.61. The van der Waals surface area contributed by atoms with Crippen LogP contribution in [0.4, 0.5) is 0 Å². The molecule has 0 unspecified atom stereocenters. The molecule has 5 rings (SSSR count). The van der Waals surface area contributed by atoms with Crippen molar-refractivity contribution in [2.45, 2.75) is 69.6 Å². The Labute approximate surface area is 232 Å². The van der Waals surface area contributed by atoms with E-state index in [0.29, 0.717) is 47.6 Å². The summed E-state index contributed by atoms with van der Waals surface area (Å²) in [4.78, 5) is 28.0. The third-order valence-electron chi connectivity index (χ3n) is 7.52. The van der Waals surface area contributed by atoms with Gasteiger partial charge in [-0.05, 0) is 48.4 Å². The van der Waals surface area contributed by atoms with Crippen molar-refractivity contribution in [2.75, 3.05) is 0 Å². The summed E-state index contributed by atoms with van der Waals surface area (Å²) in [5.74, 6) is -1.05. The lowest BCUT2D eigenvalue weighted by molar-refractivity contribution is -0.161. The van der Waals surface area contributed by atoms with E-state index in [2.05, 4.69) is 0 Å². The van der Waals surface area contributed by atoms with Gasteiger partial charge in [-0.2, -0.15) is 0 Å². The average Bonchev–Trinajstić information content (AvgIpc) is 2.96. The second-order valence-corrected chi connectivity index (χ2v) is 10.6. The lowest BCUT2D eigenvalue weighted by atomic mass is 9.91. The zero-order chi connectivity index (χ0) is 27.4. The van der Waals surface area contributed by atoms with E-state index >= 15 is 0 Å². The molecule has 8 heteroatoms. The summed E-state index contributed by atoms with van der Waals surface area (Å²) >= 11 is 6.51. The van der Waals surface area contributed by atoms with Gasteiger partial charge in [0.25, 0.3) is 5.91 Å². The molecule has 3 aromatic rings. The summed E-state index contributed by atoms with van der Waals surface area (Å²) in [7, 11) is 0. The van der Waals surface area contributed by atoms with E-state index in [0.717, 1.165) is 11.1 Å². The molecule has 39 heavy (non-hydrogen) atoms. The second-order valence-electron chi connectivity index (χ2n) is 10.2. The molecule has 7 nitrogen and oxygen atoms in total. The molecular formula is C31H32ClNO6.